The maximum Gasteiger partial charge on any atom is 0.242 e. The third-order valence-corrected chi connectivity index (χ3v) is 5.95. The Morgan fingerprint density at radius 1 is 0.931 bits per heavy atom. The van der Waals surface area contributed by atoms with Gasteiger partial charge in [0, 0.05) is 16.0 Å². The summed E-state index contributed by atoms with van der Waals surface area (Å²) < 4.78 is 10.6. The van der Waals surface area contributed by atoms with Gasteiger partial charge in [0.15, 0.2) is 0 Å². The maximum absolute atomic E-state index is 13.2. The van der Waals surface area contributed by atoms with Gasteiger partial charge in [0.2, 0.25) is 5.91 Å². The molecule has 0 spiro atoms. The second kappa shape index (κ2) is 9.92. The van der Waals surface area contributed by atoms with Crippen LogP contribution in [0.15, 0.2) is 71.6 Å². The molecule has 0 aliphatic heterocycles. The minimum absolute atomic E-state index is 0.198. The summed E-state index contributed by atoms with van der Waals surface area (Å²) in [6.07, 6.45) is 0. The lowest BCUT2D eigenvalue weighted by Crippen LogP contribution is -2.19. The number of amides is 1. The minimum atomic E-state index is -0.483. The van der Waals surface area contributed by atoms with Gasteiger partial charge in [-0.1, -0.05) is 53.5 Å². The zero-order valence-electron chi connectivity index (χ0n) is 15.8. The van der Waals surface area contributed by atoms with Crippen LogP contribution in [-0.2, 0) is 4.79 Å². The second-order valence-corrected chi connectivity index (χ2v) is 8.06. The predicted octanol–water partition coefficient (Wildman–Crippen LogP) is 6.48. The molecule has 0 aromatic heterocycles. The third-order valence-electron chi connectivity index (χ3n) is 4.14. The number of methoxy groups -OCH3 is 2. The lowest BCUT2D eigenvalue weighted by molar-refractivity contribution is -0.115. The normalized spacial score (nSPS) is 11.6. The Morgan fingerprint density at radius 2 is 1.59 bits per heavy atom. The van der Waals surface area contributed by atoms with Gasteiger partial charge in [0.05, 0.1) is 24.9 Å². The molecule has 0 fully saturated rings. The van der Waals surface area contributed by atoms with Crippen LogP contribution in [0.2, 0.25) is 10.0 Å². The summed E-state index contributed by atoms with van der Waals surface area (Å²) in [6, 6.07) is 20.2. The van der Waals surface area contributed by atoms with Crippen molar-refractivity contribution in [3.63, 3.8) is 0 Å². The molecule has 3 rings (SSSR count). The zero-order chi connectivity index (χ0) is 20.8. The number of carbonyl (C=O) groups is 1. The molecule has 0 saturated heterocycles. The molecule has 0 bridgehead atoms. The molecule has 150 valence electrons. The van der Waals surface area contributed by atoms with Crippen LogP contribution in [-0.4, -0.2) is 20.1 Å². The van der Waals surface area contributed by atoms with Gasteiger partial charge >= 0.3 is 0 Å². The van der Waals surface area contributed by atoms with Crippen molar-refractivity contribution in [1.29, 1.82) is 0 Å². The van der Waals surface area contributed by atoms with Gasteiger partial charge in [0.1, 0.15) is 16.7 Å². The van der Waals surface area contributed by atoms with E-state index in [2.05, 4.69) is 5.32 Å². The van der Waals surface area contributed by atoms with Gasteiger partial charge in [-0.3, -0.25) is 4.79 Å². The first-order valence-electron chi connectivity index (χ1n) is 8.71. The second-order valence-electron chi connectivity index (χ2n) is 6.04. The van der Waals surface area contributed by atoms with Crippen molar-refractivity contribution in [2.24, 2.45) is 0 Å². The number of rotatable bonds is 7. The van der Waals surface area contributed by atoms with Crippen molar-refractivity contribution < 1.29 is 14.3 Å². The van der Waals surface area contributed by atoms with E-state index in [9.17, 15) is 4.79 Å². The van der Waals surface area contributed by atoms with Gasteiger partial charge < -0.3 is 14.8 Å². The minimum Gasteiger partial charge on any atom is -0.495 e. The number of hydrogen-bond acceptors (Lipinski definition) is 4. The topological polar surface area (TPSA) is 47.6 Å². The van der Waals surface area contributed by atoms with Gasteiger partial charge in [-0.05, 0) is 35.9 Å². The summed E-state index contributed by atoms with van der Waals surface area (Å²) in [6.45, 7) is 0. The molecule has 3 aromatic rings. The van der Waals surface area contributed by atoms with Gasteiger partial charge in [-0.25, -0.2) is 0 Å². The molecule has 29 heavy (non-hydrogen) atoms. The largest absolute Gasteiger partial charge is 0.495 e. The standard InChI is InChI=1S/C22H19Cl2NO3S/c1-27-19-13-20(28-2)18(12-17(19)24)25-22(26)21(14-6-4-3-5-7-14)29-16-10-8-15(23)9-11-16/h3-13,21H,1-2H3,(H,25,26)/t21-/m1/s1. The molecule has 0 radical (unpaired) electrons. The van der Waals surface area contributed by atoms with E-state index in [-0.39, 0.29) is 5.91 Å². The molecule has 3 aromatic carbocycles. The fourth-order valence-corrected chi connectivity index (χ4v) is 4.10. The van der Waals surface area contributed by atoms with E-state index < -0.39 is 5.25 Å². The summed E-state index contributed by atoms with van der Waals surface area (Å²) in [5.74, 6) is 0.732. The molecule has 0 unspecified atom stereocenters. The molecule has 1 amide bonds. The highest BCUT2D eigenvalue weighted by atomic mass is 35.5. The summed E-state index contributed by atoms with van der Waals surface area (Å²) >= 11 is 13.7. The molecule has 0 aliphatic rings. The average molecular weight is 448 g/mol. The molecule has 4 nitrogen and oxygen atoms in total. The Hall–Kier alpha value is -2.34. The molecular weight excluding hydrogens is 429 g/mol. The van der Waals surface area contributed by atoms with Crippen LogP contribution in [0.25, 0.3) is 0 Å². The lowest BCUT2D eigenvalue weighted by atomic mass is 10.1. The van der Waals surface area contributed by atoms with E-state index in [0.717, 1.165) is 10.5 Å². The highest BCUT2D eigenvalue weighted by Crippen LogP contribution is 2.39. The van der Waals surface area contributed by atoms with E-state index >= 15 is 0 Å². The van der Waals surface area contributed by atoms with E-state index in [1.807, 2.05) is 42.5 Å². The van der Waals surface area contributed by atoms with Crippen molar-refractivity contribution in [3.05, 3.63) is 82.3 Å². The number of thioether (sulfide) groups is 1. The van der Waals surface area contributed by atoms with Crippen LogP contribution < -0.4 is 14.8 Å². The number of nitrogens with one attached hydrogen (secondary N) is 1. The van der Waals surface area contributed by atoms with Crippen LogP contribution in [0.5, 0.6) is 11.5 Å². The third kappa shape index (κ3) is 5.38. The van der Waals surface area contributed by atoms with Crippen molar-refractivity contribution in [2.75, 3.05) is 19.5 Å². The highest BCUT2D eigenvalue weighted by molar-refractivity contribution is 8.00. The SMILES string of the molecule is COc1cc(OC)c(NC(=O)[C@H](Sc2ccc(Cl)cc2)c2ccccc2)cc1Cl. The van der Waals surface area contributed by atoms with Crippen LogP contribution >= 0.6 is 35.0 Å². The fourth-order valence-electron chi connectivity index (χ4n) is 2.71. The Balaban J connectivity index is 1.91. The fraction of sp³-hybridized carbons (Fsp3) is 0.136. The molecule has 1 atom stereocenters. The van der Waals surface area contributed by atoms with Gasteiger partial charge in [-0.15, -0.1) is 11.8 Å². The van der Waals surface area contributed by atoms with Crippen molar-refractivity contribution in [2.45, 2.75) is 10.1 Å². The highest BCUT2D eigenvalue weighted by Gasteiger charge is 2.24. The van der Waals surface area contributed by atoms with Crippen LogP contribution in [0.3, 0.4) is 0 Å². The van der Waals surface area contributed by atoms with E-state index in [0.29, 0.717) is 27.2 Å². The number of benzene rings is 3. The summed E-state index contributed by atoms with van der Waals surface area (Å²) in [7, 11) is 3.04. The smallest absolute Gasteiger partial charge is 0.242 e. The molecule has 0 saturated carbocycles. The first kappa shape index (κ1) is 21.4. The molecule has 7 heteroatoms. The summed E-state index contributed by atoms with van der Waals surface area (Å²) in [5.41, 5.74) is 1.35. The first-order chi connectivity index (χ1) is 14.0. The quantitative estimate of drug-likeness (QED) is 0.420. The van der Waals surface area contributed by atoms with Crippen molar-refractivity contribution in [1.82, 2.24) is 0 Å². The molecular formula is C22H19Cl2NO3S. The summed E-state index contributed by atoms with van der Waals surface area (Å²) in [5, 5.41) is 3.48. The Labute approximate surface area is 184 Å². The first-order valence-corrected chi connectivity index (χ1v) is 10.3. The lowest BCUT2D eigenvalue weighted by Gasteiger charge is -2.19. The molecule has 0 heterocycles. The van der Waals surface area contributed by atoms with Crippen LogP contribution in [0.1, 0.15) is 10.8 Å². The number of hydrogen-bond donors (Lipinski definition) is 1. The van der Waals surface area contributed by atoms with Gasteiger partial charge in [-0.2, -0.15) is 0 Å². The number of halogens is 2. The Kier molecular flexibility index (Phi) is 7.31. The van der Waals surface area contributed by atoms with E-state index in [4.69, 9.17) is 32.7 Å². The van der Waals surface area contributed by atoms with Crippen LogP contribution in [0.4, 0.5) is 5.69 Å². The van der Waals surface area contributed by atoms with Crippen molar-refractivity contribution >= 4 is 46.6 Å². The molecule has 0 aliphatic carbocycles. The maximum atomic E-state index is 13.2. The van der Waals surface area contributed by atoms with Crippen molar-refractivity contribution in [3.8, 4) is 11.5 Å². The average Bonchev–Trinajstić information content (AvgIpc) is 2.74. The summed E-state index contributed by atoms with van der Waals surface area (Å²) in [4.78, 5) is 14.2. The molecule has 1 N–H and O–H groups in total. The van der Waals surface area contributed by atoms with E-state index in [1.165, 1.54) is 26.0 Å². The Bertz CT molecular complexity index is 981. The predicted molar refractivity (Wildman–Crippen MR) is 120 cm³/mol. The van der Waals surface area contributed by atoms with Crippen LogP contribution in [0, 0.1) is 0 Å². The number of anilines is 1. The van der Waals surface area contributed by atoms with E-state index in [1.54, 1.807) is 24.3 Å². The number of ether oxygens (including phenoxy) is 2. The Morgan fingerprint density at radius 3 is 2.21 bits per heavy atom. The number of carbonyl (C=O) groups excluding carboxylic acids is 1. The zero-order valence-corrected chi connectivity index (χ0v) is 18.1. The monoisotopic (exact) mass is 447 g/mol. The van der Waals surface area contributed by atoms with Gasteiger partial charge in [0.25, 0.3) is 0 Å².